The zero-order valence-electron chi connectivity index (χ0n) is 10.5. The number of alkyl halides is 3. The van der Waals surface area contributed by atoms with Gasteiger partial charge >= 0.3 is 6.18 Å². The molecule has 20 heavy (non-hydrogen) atoms. The third-order valence-electron chi connectivity index (χ3n) is 3.55. The number of nitrogens with zero attached hydrogens (tertiary/aromatic N) is 1. The standard InChI is InChI=1S/C13H14F3NO3/c14-13(15,16)9-1-2-11(18)10(7-9)8-3-5-17(6-4-8)12(19)20/h1-2,7-8,18H,3-6H2,(H,19,20)/p-1. The van der Waals surface area contributed by atoms with Crippen LogP contribution in [0.25, 0.3) is 0 Å². The van der Waals surface area contributed by atoms with Crippen molar-refractivity contribution in [2.24, 2.45) is 0 Å². The van der Waals surface area contributed by atoms with Crippen LogP contribution in [0, 0.1) is 0 Å². The second-order valence-corrected chi connectivity index (χ2v) is 4.80. The maximum atomic E-state index is 12.7. The van der Waals surface area contributed by atoms with E-state index in [1.165, 1.54) is 0 Å². The molecule has 1 amide bonds. The number of rotatable bonds is 1. The zero-order valence-corrected chi connectivity index (χ0v) is 10.5. The Labute approximate surface area is 113 Å². The number of carboxylic acid groups (broad SMARTS) is 1. The Kier molecular flexibility index (Phi) is 3.78. The number of carbonyl (C=O) groups is 1. The highest BCUT2D eigenvalue weighted by atomic mass is 19.4. The van der Waals surface area contributed by atoms with Gasteiger partial charge in [-0.1, -0.05) is 0 Å². The molecule has 1 heterocycles. The summed E-state index contributed by atoms with van der Waals surface area (Å²) in [6.45, 7) is 0.394. The van der Waals surface area contributed by atoms with Crippen LogP contribution in [0.3, 0.4) is 0 Å². The molecule has 1 aromatic rings. The van der Waals surface area contributed by atoms with E-state index in [1.807, 2.05) is 0 Å². The van der Waals surface area contributed by atoms with Crippen molar-refractivity contribution in [1.82, 2.24) is 4.90 Å². The third kappa shape index (κ3) is 2.97. The Morgan fingerprint density at radius 3 is 2.40 bits per heavy atom. The highest BCUT2D eigenvalue weighted by molar-refractivity contribution is 5.62. The van der Waals surface area contributed by atoms with E-state index >= 15 is 0 Å². The number of halogens is 3. The summed E-state index contributed by atoms with van der Waals surface area (Å²) < 4.78 is 38.0. The molecule has 110 valence electrons. The summed E-state index contributed by atoms with van der Waals surface area (Å²) in [5, 5.41) is 20.4. The van der Waals surface area contributed by atoms with E-state index in [-0.39, 0.29) is 30.3 Å². The van der Waals surface area contributed by atoms with Crippen molar-refractivity contribution in [1.29, 1.82) is 0 Å². The fraction of sp³-hybridized carbons (Fsp3) is 0.462. The van der Waals surface area contributed by atoms with Crippen LogP contribution in [0.5, 0.6) is 5.75 Å². The first kappa shape index (κ1) is 14.5. The maximum Gasteiger partial charge on any atom is 0.416 e. The number of benzene rings is 1. The summed E-state index contributed by atoms with van der Waals surface area (Å²) in [5.41, 5.74) is -0.592. The second kappa shape index (κ2) is 5.22. The highest BCUT2D eigenvalue weighted by Crippen LogP contribution is 2.38. The number of aromatic hydroxyl groups is 1. The van der Waals surface area contributed by atoms with E-state index in [2.05, 4.69) is 0 Å². The van der Waals surface area contributed by atoms with E-state index in [0.29, 0.717) is 12.8 Å². The van der Waals surface area contributed by atoms with Gasteiger partial charge in [-0.3, -0.25) is 0 Å². The predicted molar refractivity (Wildman–Crippen MR) is 62.1 cm³/mol. The summed E-state index contributed by atoms with van der Waals surface area (Å²) in [4.78, 5) is 11.8. The smallest absolute Gasteiger partial charge is 0.416 e. The van der Waals surface area contributed by atoms with Crippen molar-refractivity contribution in [3.05, 3.63) is 29.3 Å². The van der Waals surface area contributed by atoms with Crippen LogP contribution >= 0.6 is 0 Å². The van der Waals surface area contributed by atoms with Gasteiger partial charge in [-0.15, -0.1) is 0 Å². The van der Waals surface area contributed by atoms with E-state index < -0.39 is 17.8 Å². The average molecular weight is 288 g/mol. The Bertz CT molecular complexity index is 508. The second-order valence-electron chi connectivity index (χ2n) is 4.80. The first-order chi connectivity index (χ1) is 9.29. The molecular weight excluding hydrogens is 275 g/mol. The number of phenolic OH excluding ortho intramolecular Hbond substituents is 1. The molecule has 1 N–H and O–H groups in total. The van der Waals surface area contributed by atoms with E-state index in [0.717, 1.165) is 23.1 Å². The summed E-state index contributed by atoms with van der Waals surface area (Å²) in [5.74, 6) is -0.474. The maximum absolute atomic E-state index is 12.7. The topological polar surface area (TPSA) is 63.6 Å². The molecule has 0 bridgehead atoms. The quantitative estimate of drug-likeness (QED) is 0.859. The van der Waals surface area contributed by atoms with Crippen molar-refractivity contribution in [3.63, 3.8) is 0 Å². The number of phenols is 1. The van der Waals surface area contributed by atoms with Gasteiger partial charge in [0.15, 0.2) is 0 Å². The monoisotopic (exact) mass is 288 g/mol. The minimum absolute atomic E-state index is 0.190. The van der Waals surface area contributed by atoms with Crippen LogP contribution in [0.2, 0.25) is 0 Å². The minimum Gasteiger partial charge on any atom is -0.530 e. The molecular formula is C13H13F3NO3-. The lowest BCUT2D eigenvalue weighted by molar-refractivity contribution is -0.266. The molecule has 1 aromatic carbocycles. The molecule has 0 aromatic heterocycles. The number of piperidine rings is 1. The SMILES string of the molecule is O=C([O-])N1CCC(c2cc(C(F)(F)F)ccc2O)CC1. The van der Waals surface area contributed by atoms with Crippen LogP contribution in [-0.2, 0) is 6.18 Å². The van der Waals surface area contributed by atoms with E-state index in [1.54, 1.807) is 0 Å². The van der Waals surface area contributed by atoms with Crippen LogP contribution in [0.1, 0.15) is 29.9 Å². The number of likely N-dealkylation sites (tertiary alicyclic amines) is 1. The largest absolute Gasteiger partial charge is 0.530 e. The van der Waals surface area contributed by atoms with Gasteiger partial charge < -0.3 is 19.9 Å². The molecule has 0 radical (unpaired) electrons. The first-order valence-corrected chi connectivity index (χ1v) is 6.15. The van der Waals surface area contributed by atoms with Crippen molar-refractivity contribution in [2.75, 3.05) is 13.1 Å². The molecule has 0 aliphatic carbocycles. The fourth-order valence-corrected chi connectivity index (χ4v) is 2.43. The Hall–Kier alpha value is -1.92. The highest BCUT2D eigenvalue weighted by Gasteiger charge is 2.32. The molecule has 0 saturated carbocycles. The number of amides is 1. The number of hydrogen-bond donors (Lipinski definition) is 1. The van der Waals surface area contributed by atoms with Gasteiger partial charge in [0, 0.05) is 13.1 Å². The first-order valence-electron chi connectivity index (χ1n) is 6.15. The van der Waals surface area contributed by atoms with Gasteiger partial charge in [0.1, 0.15) is 11.8 Å². The lowest BCUT2D eigenvalue weighted by atomic mass is 9.88. The fourth-order valence-electron chi connectivity index (χ4n) is 2.43. The van der Waals surface area contributed by atoms with Gasteiger partial charge in [-0.2, -0.15) is 13.2 Å². The molecule has 1 saturated heterocycles. The molecule has 0 spiro atoms. The minimum atomic E-state index is -4.46. The molecule has 1 aliphatic rings. The Morgan fingerprint density at radius 2 is 1.90 bits per heavy atom. The number of carbonyl (C=O) groups excluding carboxylic acids is 1. The normalized spacial score (nSPS) is 17.2. The molecule has 1 aliphatic heterocycles. The Balaban J connectivity index is 2.19. The molecule has 2 rings (SSSR count). The molecule has 0 atom stereocenters. The molecule has 1 fully saturated rings. The Morgan fingerprint density at radius 1 is 1.30 bits per heavy atom. The van der Waals surface area contributed by atoms with Gasteiger partial charge in [0.25, 0.3) is 0 Å². The lowest BCUT2D eigenvalue weighted by Gasteiger charge is -2.34. The zero-order chi connectivity index (χ0) is 14.9. The molecule has 7 heteroatoms. The van der Waals surface area contributed by atoms with Gasteiger partial charge in [-0.25, -0.2) is 0 Å². The van der Waals surface area contributed by atoms with Crippen LogP contribution in [0.15, 0.2) is 18.2 Å². The van der Waals surface area contributed by atoms with Crippen LogP contribution in [-0.4, -0.2) is 29.2 Å². The molecule has 0 unspecified atom stereocenters. The van der Waals surface area contributed by atoms with Gasteiger partial charge in [0.2, 0.25) is 0 Å². The molecule has 4 nitrogen and oxygen atoms in total. The lowest BCUT2D eigenvalue weighted by Crippen LogP contribution is -2.45. The van der Waals surface area contributed by atoms with E-state index in [9.17, 15) is 28.2 Å². The summed E-state index contributed by atoms with van der Waals surface area (Å²) in [7, 11) is 0. The summed E-state index contributed by atoms with van der Waals surface area (Å²) >= 11 is 0. The third-order valence-corrected chi connectivity index (χ3v) is 3.55. The number of hydrogen-bond acceptors (Lipinski definition) is 3. The van der Waals surface area contributed by atoms with Crippen LogP contribution in [0.4, 0.5) is 18.0 Å². The summed E-state index contributed by atoms with van der Waals surface area (Å²) in [6.07, 6.45) is -5.02. The van der Waals surface area contributed by atoms with E-state index in [4.69, 9.17) is 0 Å². The van der Waals surface area contributed by atoms with Gasteiger partial charge in [0.05, 0.1) is 5.56 Å². The average Bonchev–Trinajstić information content (AvgIpc) is 2.38. The van der Waals surface area contributed by atoms with Gasteiger partial charge in [-0.05, 0) is 42.5 Å². The van der Waals surface area contributed by atoms with Crippen molar-refractivity contribution < 1.29 is 28.2 Å². The predicted octanol–water partition coefficient (Wildman–Crippen LogP) is 1.93. The van der Waals surface area contributed by atoms with Crippen molar-refractivity contribution in [3.8, 4) is 5.75 Å². The summed E-state index contributed by atoms with van der Waals surface area (Å²) in [6, 6.07) is 2.80. The van der Waals surface area contributed by atoms with Crippen molar-refractivity contribution in [2.45, 2.75) is 24.9 Å². The van der Waals surface area contributed by atoms with Crippen molar-refractivity contribution >= 4 is 6.09 Å². The van der Waals surface area contributed by atoms with Crippen LogP contribution < -0.4 is 5.11 Å².